The van der Waals surface area contributed by atoms with Gasteiger partial charge >= 0.3 is 0 Å². The van der Waals surface area contributed by atoms with Crippen molar-refractivity contribution in [1.82, 2.24) is 19.5 Å². The molecule has 0 bridgehead atoms. The second-order valence-electron chi connectivity index (χ2n) is 7.54. The Kier molecular flexibility index (Phi) is 4.05. The summed E-state index contributed by atoms with van der Waals surface area (Å²) >= 11 is 0. The number of nitrogens with zero attached hydrogens (tertiary/aromatic N) is 6. The summed E-state index contributed by atoms with van der Waals surface area (Å²) in [6.45, 7) is 1.48. The average Bonchev–Trinajstić information content (AvgIpc) is 3.43. The molecule has 2 aromatic heterocycles. The van der Waals surface area contributed by atoms with E-state index in [1.54, 1.807) is 6.20 Å². The molecule has 0 radical (unpaired) electrons. The van der Waals surface area contributed by atoms with Gasteiger partial charge in [-0.15, -0.1) is 0 Å². The van der Waals surface area contributed by atoms with Crippen molar-refractivity contribution in [3.63, 3.8) is 0 Å². The summed E-state index contributed by atoms with van der Waals surface area (Å²) in [7, 11) is 0. The molecule has 0 spiro atoms. The van der Waals surface area contributed by atoms with E-state index in [1.807, 2.05) is 28.8 Å². The Hall–Kier alpha value is -3.27. The lowest BCUT2D eigenvalue weighted by atomic mass is 10.1. The highest BCUT2D eigenvalue weighted by Gasteiger charge is 2.34. The zero-order valence-corrected chi connectivity index (χ0v) is 15.5. The summed E-state index contributed by atoms with van der Waals surface area (Å²) < 4.78 is 1.87. The maximum atomic E-state index is 13.3. The fourth-order valence-electron chi connectivity index (χ4n) is 4.08. The molecule has 28 heavy (non-hydrogen) atoms. The van der Waals surface area contributed by atoms with Gasteiger partial charge in [-0.1, -0.05) is 12.1 Å². The molecule has 0 amide bonds. The molecular formula is C21H20N6O. The third-order valence-corrected chi connectivity index (χ3v) is 5.64. The standard InChI is InChI=1S/C21H20N6O/c22-12-17-19(24-10-9-23-17)26-11-3-6-18(26)20-25-16-5-2-1-4-15(16)21(28)27(20)13-14-7-8-14/h1-2,4-5,9-10,14,18H,3,6-8,11,13H2. The van der Waals surface area contributed by atoms with Crippen molar-refractivity contribution < 1.29 is 0 Å². The SMILES string of the molecule is N#Cc1nccnc1N1CCCC1c1nc2ccccc2c(=O)n1CC1CC1. The largest absolute Gasteiger partial charge is 0.344 e. The maximum Gasteiger partial charge on any atom is 0.261 e. The van der Waals surface area contributed by atoms with E-state index in [4.69, 9.17) is 4.98 Å². The number of anilines is 1. The second kappa shape index (κ2) is 6.71. The summed E-state index contributed by atoms with van der Waals surface area (Å²) in [4.78, 5) is 28.9. The first-order valence-corrected chi connectivity index (χ1v) is 9.73. The topological polar surface area (TPSA) is 87.7 Å². The third-order valence-electron chi connectivity index (χ3n) is 5.64. The van der Waals surface area contributed by atoms with Crippen LogP contribution in [0.3, 0.4) is 0 Å². The van der Waals surface area contributed by atoms with E-state index < -0.39 is 0 Å². The van der Waals surface area contributed by atoms with E-state index in [0.717, 1.165) is 43.6 Å². The average molecular weight is 372 g/mol. The number of fused-ring (bicyclic) bond motifs is 1. The molecule has 1 aromatic carbocycles. The van der Waals surface area contributed by atoms with Crippen LogP contribution >= 0.6 is 0 Å². The Morgan fingerprint density at radius 3 is 2.79 bits per heavy atom. The molecule has 1 aliphatic heterocycles. The summed E-state index contributed by atoms with van der Waals surface area (Å²) in [6.07, 6.45) is 7.29. The van der Waals surface area contributed by atoms with Crippen molar-refractivity contribution in [1.29, 1.82) is 5.26 Å². The summed E-state index contributed by atoms with van der Waals surface area (Å²) in [6, 6.07) is 9.59. The fraction of sp³-hybridized carbons (Fsp3) is 0.381. The molecule has 1 aliphatic carbocycles. The monoisotopic (exact) mass is 372 g/mol. The highest BCUT2D eigenvalue weighted by Crippen LogP contribution is 2.37. The van der Waals surface area contributed by atoms with Crippen LogP contribution in [0.25, 0.3) is 10.9 Å². The van der Waals surface area contributed by atoms with Crippen molar-refractivity contribution >= 4 is 16.7 Å². The third kappa shape index (κ3) is 2.82. The smallest absolute Gasteiger partial charge is 0.261 e. The van der Waals surface area contributed by atoms with E-state index in [1.165, 1.54) is 6.20 Å². The van der Waals surface area contributed by atoms with Crippen molar-refractivity contribution in [2.75, 3.05) is 11.4 Å². The van der Waals surface area contributed by atoms with E-state index in [2.05, 4.69) is 20.9 Å². The Bertz CT molecular complexity index is 1140. The minimum atomic E-state index is -0.0835. The van der Waals surface area contributed by atoms with Gasteiger partial charge in [-0.05, 0) is 43.7 Å². The van der Waals surface area contributed by atoms with Crippen LogP contribution in [0.15, 0.2) is 41.5 Å². The lowest BCUT2D eigenvalue weighted by molar-refractivity contribution is 0.525. The second-order valence-corrected chi connectivity index (χ2v) is 7.54. The van der Waals surface area contributed by atoms with Crippen LogP contribution in [0.4, 0.5) is 5.82 Å². The van der Waals surface area contributed by atoms with Gasteiger partial charge in [-0.3, -0.25) is 9.36 Å². The maximum absolute atomic E-state index is 13.3. The van der Waals surface area contributed by atoms with Crippen LogP contribution in [0.2, 0.25) is 0 Å². The normalized spacial score (nSPS) is 19.1. The molecule has 1 saturated heterocycles. The van der Waals surface area contributed by atoms with Gasteiger partial charge in [-0.25, -0.2) is 15.0 Å². The van der Waals surface area contributed by atoms with Gasteiger partial charge in [-0.2, -0.15) is 5.26 Å². The Morgan fingerprint density at radius 2 is 1.96 bits per heavy atom. The first kappa shape index (κ1) is 16.9. The van der Waals surface area contributed by atoms with Gasteiger partial charge in [0.1, 0.15) is 11.9 Å². The summed E-state index contributed by atoms with van der Waals surface area (Å²) in [5.41, 5.74) is 1.06. The zero-order chi connectivity index (χ0) is 19.1. The van der Waals surface area contributed by atoms with Crippen LogP contribution in [0, 0.1) is 17.2 Å². The Balaban J connectivity index is 1.67. The number of hydrogen-bond donors (Lipinski definition) is 0. The molecule has 1 atom stereocenters. The molecule has 0 N–H and O–H groups in total. The number of rotatable bonds is 4. The summed E-state index contributed by atoms with van der Waals surface area (Å²) in [5.74, 6) is 1.91. The van der Waals surface area contributed by atoms with Gasteiger partial charge in [0.25, 0.3) is 5.56 Å². The zero-order valence-electron chi connectivity index (χ0n) is 15.5. The number of nitriles is 1. The molecule has 5 rings (SSSR count). The lowest BCUT2D eigenvalue weighted by Gasteiger charge is -2.27. The lowest BCUT2D eigenvalue weighted by Crippen LogP contribution is -2.33. The van der Waals surface area contributed by atoms with Gasteiger partial charge in [0.2, 0.25) is 0 Å². The van der Waals surface area contributed by atoms with Gasteiger partial charge in [0.05, 0.1) is 16.9 Å². The molecule has 7 nitrogen and oxygen atoms in total. The van der Waals surface area contributed by atoms with Gasteiger partial charge < -0.3 is 4.90 Å². The molecule has 2 aliphatic rings. The van der Waals surface area contributed by atoms with Crippen LogP contribution in [0.5, 0.6) is 0 Å². The van der Waals surface area contributed by atoms with E-state index in [-0.39, 0.29) is 11.6 Å². The highest BCUT2D eigenvalue weighted by atomic mass is 16.1. The van der Waals surface area contributed by atoms with Crippen molar-refractivity contribution in [2.24, 2.45) is 5.92 Å². The van der Waals surface area contributed by atoms with Crippen molar-refractivity contribution in [3.8, 4) is 6.07 Å². The van der Waals surface area contributed by atoms with Gasteiger partial charge in [0, 0.05) is 25.5 Å². The molecule has 3 aromatic rings. The summed E-state index contributed by atoms with van der Waals surface area (Å²) in [5, 5.41) is 10.1. The minimum absolute atomic E-state index is 0.0269. The number of para-hydroxylation sites is 1. The Morgan fingerprint density at radius 1 is 1.14 bits per heavy atom. The molecular weight excluding hydrogens is 352 g/mol. The molecule has 1 saturated carbocycles. The molecule has 2 fully saturated rings. The van der Waals surface area contributed by atoms with E-state index in [0.29, 0.717) is 29.4 Å². The molecule has 140 valence electrons. The predicted octanol–water partition coefficient (Wildman–Crippen LogP) is 2.81. The first-order chi connectivity index (χ1) is 13.8. The minimum Gasteiger partial charge on any atom is -0.344 e. The molecule has 3 heterocycles. The van der Waals surface area contributed by atoms with Crippen LogP contribution in [0.1, 0.15) is 43.2 Å². The Labute approximate surface area is 162 Å². The number of aromatic nitrogens is 4. The van der Waals surface area contributed by atoms with Crippen molar-refractivity contribution in [3.05, 3.63) is 58.5 Å². The number of benzene rings is 1. The number of hydrogen-bond acceptors (Lipinski definition) is 6. The molecule has 1 unspecified atom stereocenters. The molecule has 7 heteroatoms. The van der Waals surface area contributed by atoms with Gasteiger partial charge in [0.15, 0.2) is 11.5 Å². The van der Waals surface area contributed by atoms with Crippen molar-refractivity contribution in [2.45, 2.75) is 38.3 Å². The quantitative estimate of drug-likeness (QED) is 0.700. The van der Waals surface area contributed by atoms with E-state index in [9.17, 15) is 10.1 Å². The predicted molar refractivity (Wildman–Crippen MR) is 105 cm³/mol. The van der Waals surface area contributed by atoms with Crippen LogP contribution < -0.4 is 10.5 Å². The van der Waals surface area contributed by atoms with Crippen LogP contribution in [-0.4, -0.2) is 26.1 Å². The van der Waals surface area contributed by atoms with E-state index >= 15 is 0 Å². The highest BCUT2D eigenvalue weighted by molar-refractivity contribution is 5.77. The van der Waals surface area contributed by atoms with Crippen LogP contribution in [-0.2, 0) is 6.54 Å². The fourth-order valence-corrected chi connectivity index (χ4v) is 4.08. The first-order valence-electron chi connectivity index (χ1n) is 9.73.